The largest absolute Gasteiger partial charge is 0.442 e. The number of nitrogens with zero attached hydrogens (tertiary/aromatic N) is 4. The Labute approximate surface area is 889 Å². The summed E-state index contributed by atoms with van der Waals surface area (Å²) in [7, 11) is 1.72. The average Bonchev–Trinajstić information content (AvgIpc) is 1.84. The summed E-state index contributed by atoms with van der Waals surface area (Å²) in [6.07, 6.45) is 20.3. The molecule has 0 unspecified atom stereocenters. The Hall–Kier alpha value is -6.86. The van der Waals surface area contributed by atoms with Gasteiger partial charge in [-0.1, -0.05) is 331 Å². The minimum absolute atomic E-state index is 0. The van der Waals surface area contributed by atoms with Crippen molar-refractivity contribution in [3.8, 4) is 0 Å². The Kier molecular flexibility index (Phi) is 69.3. The van der Waals surface area contributed by atoms with Gasteiger partial charge in [0.1, 0.15) is 28.8 Å². The number of carbonyl (C=O) groups is 5. The number of rotatable bonds is 41. The summed E-state index contributed by atoms with van der Waals surface area (Å²) in [6.45, 7) is 16.6. The molecule has 3 heterocycles. The number of aromatic nitrogens is 3. The number of benzene rings is 8. The first-order chi connectivity index (χ1) is 62.7. The molecule has 5 amide bonds. The fraction of sp³-hybridized carbons (Fsp3) is 0.383. The number of thiazole rings is 3. The number of urea groups is 1. The number of alkyl carbamates (subject to hydrolysis) is 3. The number of nitrogens with one attached hydrogen (secondary N) is 4. The van der Waals surface area contributed by atoms with Gasteiger partial charge in [0.25, 0.3) is 0 Å². The molecule has 0 aliphatic rings. The zero-order valence-electron chi connectivity index (χ0n) is 76.3. The molecule has 0 saturated heterocycles. The number of allylic oxidation sites excluding steroid dienone is 1. The van der Waals surface area contributed by atoms with Crippen LogP contribution in [0.2, 0.25) is 0 Å². The standard InChI is InChI=1S/C38H47N5O4S2.C24H33NO2.C23H25N3O2S.C18H24N2.4CH4.I3.I2.HI/c1-26(2)35(42-37(45)43(5)23-32-25-49-36(40-32)27(3)4)33(44)22-30(20-28-12-8-6-9-13-28)16-17-31(21-29-14-10-7-11-15-29)41-38(46)47-24-34-39-18-19-48-34;1-19(17-20-11-7-5-8-12-20)15-16-22(18-21-13-9-6-10-14-21)25-23(26)27-24(2,3)4;24-20(15-18-7-3-1-4-8-18)11-12-21(16-19-9-5-2-6-10-19)26-23(27)28-17-22-25-13-14-29-22;19-17(13-15-7-3-1-4-8-15)11-12-18(20)14-16-9-5-2-6-10-16;;;;;1-3-2;1-2;/h6-19,25-27,30-31,35H,20-24H2,1-5H3,(H,41,46)(H,42,45);5-14,19,22H,15-18H2,1-4H3,(H,25,26);1-14,20-21H,15-17,24H2,(H,26,27);1-10,17-18H,11-14,19-20H2;4*1H4;;;1H/q;;;;;;;;-1;;/b17-16+;;12-11+;;;;;;;;/t30-,31-,35+;19-,22-;20-,21-;17-,18-;;;;;;;/m1111......./s1. The molecule has 0 bridgehead atoms. The normalized spacial score (nSPS) is 12.6. The topological polar surface area (TPSA) is 281 Å². The number of hydrogen-bond donors (Lipinski definition) is 7. The van der Waals surface area contributed by atoms with Crippen LogP contribution in [-0.4, -0.2) is 105 Å². The van der Waals surface area contributed by atoms with Crippen LogP contribution >= 0.6 is 132 Å². The quantitative estimate of drug-likeness (QED) is 0.0107. The minimum Gasteiger partial charge on any atom is -0.442 e. The number of carbonyl (C=O) groups excluding carboxylic acids is 5. The predicted molar refractivity (Wildman–Crippen MR) is 609 cm³/mol. The van der Waals surface area contributed by atoms with Crippen LogP contribution < -0.4 is 51.7 Å². The van der Waals surface area contributed by atoms with Gasteiger partial charge in [0.05, 0.1) is 35.4 Å². The molecule has 738 valence electrons. The molecule has 0 fully saturated rings. The van der Waals surface area contributed by atoms with Crippen molar-refractivity contribution in [2.45, 2.75) is 242 Å². The number of hydrogen-bond acceptors (Lipinski definition) is 17. The van der Waals surface area contributed by atoms with Crippen molar-refractivity contribution in [3.05, 3.63) is 361 Å². The number of ether oxygens (including phenoxy) is 3. The van der Waals surface area contributed by atoms with E-state index >= 15 is 0 Å². The van der Waals surface area contributed by atoms with Crippen molar-refractivity contribution in [3.63, 3.8) is 0 Å². The molecule has 0 saturated carbocycles. The Morgan fingerprint density at radius 3 is 1.19 bits per heavy atom. The van der Waals surface area contributed by atoms with Crippen LogP contribution in [0.15, 0.2) is 295 Å². The van der Waals surface area contributed by atoms with E-state index in [1.54, 1.807) is 35.7 Å². The summed E-state index contributed by atoms with van der Waals surface area (Å²) in [5.41, 5.74) is 28.6. The summed E-state index contributed by atoms with van der Waals surface area (Å²) in [4.78, 5) is 79.0. The van der Waals surface area contributed by atoms with E-state index < -0.39 is 23.8 Å². The van der Waals surface area contributed by atoms with Crippen molar-refractivity contribution in [1.29, 1.82) is 0 Å². The van der Waals surface area contributed by atoms with E-state index in [-0.39, 0.29) is 139 Å². The Morgan fingerprint density at radius 2 is 0.822 bits per heavy atom. The van der Waals surface area contributed by atoms with Gasteiger partial charge in [-0.05, 0) is 160 Å². The van der Waals surface area contributed by atoms with Crippen molar-refractivity contribution >= 4 is 163 Å². The second-order valence-corrected chi connectivity index (χ2v) is 52.5. The maximum absolute atomic E-state index is 13.9. The van der Waals surface area contributed by atoms with Crippen LogP contribution in [0.3, 0.4) is 0 Å². The number of halogens is 6. The SMILES string of the molecule is C.C.C.C.CC(C)c1nc(CN(C)C(=O)N[C@H](C(=O)C[C@H](/C=C/[C@H](Cc2ccccc2)NC(=O)OCc2nccs2)Cc2ccccc2)C(C)C)cs1.C[C@H](CC[C@H](Cc1ccccc1)NC(=O)OC(C)(C)C)Cc1ccccc1.I.II.I[I-]I.N[C@H](/C=C/[C@H](Cc1ccccc1)NC(=O)OCc1nccs1)Cc1ccccc1.N[C@H](CC[C@@H](N)Cc1ccccc1)Cc1ccccc1. The van der Waals surface area contributed by atoms with Crippen LogP contribution in [0.1, 0.15) is 188 Å². The first kappa shape index (κ1) is 126. The van der Waals surface area contributed by atoms with E-state index in [1.807, 2.05) is 215 Å². The van der Waals surface area contributed by atoms with Crippen LogP contribution in [0.25, 0.3) is 0 Å². The third-order valence-corrected chi connectivity index (χ3v) is 23.0. The van der Waals surface area contributed by atoms with E-state index in [1.165, 1.54) is 50.5 Å². The summed E-state index contributed by atoms with van der Waals surface area (Å²) < 4.78 is 16.2. The maximum atomic E-state index is 13.9. The Bertz CT molecular complexity index is 4850. The van der Waals surface area contributed by atoms with E-state index in [0.717, 1.165) is 90.2 Å². The summed E-state index contributed by atoms with van der Waals surface area (Å²) in [6, 6.07) is 80.5. The van der Waals surface area contributed by atoms with Gasteiger partial charge in [0.2, 0.25) is 0 Å². The van der Waals surface area contributed by atoms with Crippen LogP contribution in [-0.2, 0) is 90.1 Å². The summed E-state index contributed by atoms with van der Waals surface area (Å²) >= 11 is 14.0. The molecule has 28 heteroatoms. The van der Waals surface area contributed by atoms with Crippen molar-refractivity contribution in [1.82, 2.24) is 41.1 Å². The van der Waals surface area contributed by atoms with E-state index in [9.17, 15) is 24.0 Å². The molecule has 8 aromatic carbocycles. The molecule has 11 aromatic rings. The molecule has 0 spiro atoms. The summed E-state index contributed by atoms with van der Waals surface area (Å²) in [5.74, 6) is 0.547. The molecule has 135 heavy (non-hydrogen) atoms. The van der Waals surface area contributed by atoms with E-state index in [4.69, 9.17) is 31.4 Å². The molecule has 0 aliphatic carbocycles. The molecule has 0 radical (unpaired) electrons. The molecular weight excluding hydrogens is 2420 g/mol. The smallest absolute Gasteiger partial charge is 0.408 e. The van der Waals surface area contributed by atoms with Gasteiger partial charge in [0, 0.05) is 109 Å². The zero-order chi connectivity index (χ0) is 94.1. The molecule has 0 aliphatic heterocycles. The average molecular weight is 2570 g/mol. The molecular formula is C107H146I6N11O8S3-. The molecule has 11 rings (SSSR count). The van der Waals surface area contributed by atoms with Gasteiger partial charge in [-0.25, -0.2) is 34.1 Å². The number of amides is 5. The van der Waals surface area contributed by atoms with Gasteiger partial charge in [0.15, 0.2) is 5.78 Å². The summed E-state index contributed by atoms with van der Waals surface area (Å²) in [5, 5.41) is 20.2. The first-order valence-electron chi connectivity index (χ1n) is 43.8. The van der Waals surface area contributed by atoms with Crippen LogP contribution in [0.5, 0.6) is 0 Å². The molecule has 19 nitrogen and oxygen atoms in total. The zero-order valence-corrected chi connectivity index (χ0v) is 91.8. The Balaban J connectivity index is 0.000000919. The number of ketones is 1. The van der Waals surface area contributed by atoms with E-state index in [0.29, 0.717) is 55.9 Å². The van der Waals surface area contributed by atoms with Gasteiger partial charge in [-0.2, -0.15) is 0 Å². The fourth-order valence-corrected chi connectivity index (χ4v) is 15.8. The van der Waals surface area contributed by atoms with Crippen LogP contribution in [0.4, 0.5) is 19.2 Å². The van der Waals surface area contributed by atoms with Crippen LogP contribution in [0, 0.1) is 17.8 Å². The van der Waals surface area contributed by atoms with Gasteiger partial charge in [-0.3, -0.25) is 4.79 Å². The fourth-order valence-electron chi connectivity index (χ4n) is 13.9. The third kappa shape index (κ3) is 56.9. The minimum atomic E-state index is -0.664. The molecule has 3 aromatic heterocycles. The van der Waals surface area contributed by atoms with Crippen molar-refractivity contribution in [2.75, 3.05) is 7.05 Å². The van der Waals surface area contributed by atoms with Crippen molar-refractivity contribution < 1.29 is 51.4 Å². The van der Waals surface area contributed by atoms with E-state index in [2.05, 4.69) is 235 Å². The molecule has 10 N–H and O–H groups in total. The number of Topliss-reactive ketones (excluding diaryl/α,β-unsaturated/α-hetero) is 1. The third-order valence-electron chi connectivity index (χ3n) is 20.3. The molecule has 9 atom stereocenters. The second kappa shape index (κ2) is 74.2. The predicted octanol–water partition coefficient (Wildman–Crippen LogP) is 24.3. The van der Waals surface area contributed by atoms with Crippen molar-refractivity contribution in [2.24, 2.45) is 35.0 Å². The second-order valence-electron chi connectivity index (χ2n) is 33.4. The van der Waals surface area contributed by atoms with Gasteiger partial charge >= 0.3 is 74.8 Å². The first-order valence-corrected chi connectivity index (χ1v) is 65.3. The monoisotopic (exact) mass is 2570 g/mol. The number of nitrogens with two attached hydrogens (primary N) is 3. The Morgan fingerprint density at radius 1 is 0.459 bits per heavy atom. The van der Waals surface area contributed by atoms with Gasteiger partial charge < -0.3 is 57.6 Å². The van der Waals surface area contributed by atoms with Gasteiger partial charge in [-0.15, -0.1) is 58.0 Å². The maximum Gasteiger partial charge on any atom is 0.408 e.